The summed E-state index contributed by atoms with van der Waals surface area (Å²) in [6.07, 6.45) is 0.892. The Kier molecular flexibility index (Phi) is 3.93. The van der Waals surface area contributed by atoms with Crippen molar-refractivity contribution in [2.24, 2.45) is 0 Å². The number of piperazine rings is 1. The van der Waals surface area contributed by atoms with Crippen LogP contribution >= 0.6 is 0 Å². The predicted molar refractivity (Wildman–Crippen MR) is 59.4 cm³/mol. The highest BCUT2D eigenvalue weighted by Gasteiger charge is 2.29. The maximum atomic E-state index is 8.98. The third-order valence-corrected chi connectivity index (χ3v) is 3.19. The van der Waals surface area contributed by atoms with Crippen LogP contribution in [0.3, 0.4) is 0 Å². The largest absolute Gasteiger partial charge is 0.396 e. The standard InChI is InChI=1S/C11H24N2O/c1-11(2,3)13-7-6-12(4)10(9-13)5-8-14/h10,14H,5-9H2,1-4H3. The van der Waals surface area contributed by atoms with Gasteiger partial charge in [0.15, 0.2) is 0 Å². The summed E-state index contributed by atoms with van der Waals surface area (Å²) in [5, 5.41) is 8.98. The Hall–Kier alpha value is -0.120. The molecule has 0 saturated carbocycles. The highest BCUT2D eigenvalue weighted by molar-refractivity contribution is 4.86. The van der Waals surface area contributed by atoms with Gasteiger partial charge >= 0.3 is 0 Å². The van der Waals surface area contributed by atoms with Gasteiger partial charge in [0, 0.05) is 37.8 Å². The van der Waals surface area contributed by atoms with E-state index in [-0.39, 0.29) is 5.54 Å². The minimum atomic E-state index is 0.259. The summed E-state index contributed by atoms with van der Waals surface area (Å²) >= 11 is 0. The molecule has 3 heteroatoms. The molecule has 1 saturated heterocycles. The maximum Gasteiger partial charge on any atom is 0.0446 e. The number of aliphatic hydroxyl groups excluding tert-OH is 1. The van der Waals surface area contributed by atoms with Crippen molar-refractivity contribution in [3.63, 3.8) is 0 Å². The van der Waals surface area contributed by atoms with Gasteiger partial charge < -0.3 is 10.0 Å². The molecule has 1 aliphatic heterocycles. The third kappa shape index (κ3) is 2.94. The van der Waals surface area contributed by atoms with Crippen LogP contribution in [0.15, 0.2) is 0 Å². The fourth-order valence-corrected chi connectivity index (χ4v) is 2.02. The minimum Gasteiger partial charge on any atom is -0.396 e. The van der Waals surface area contributed by atoms with Crippen molar-refractivity contribution in [3.8, 4) is 0 Å². The smallest absolute Gasteiger partial charge is 0.0446 e. The minimum absolute atomic E-state index is 0.259. The van der Waals surface area contributed by atoms with E-state index in [0.29, 0.717) is 12.6 Å². The zero-order valence-corrected chi connectivity index (χ0v) is 9.95. The highest BCUT2D eigenvalue weighted by Crippen LogP contribution is 2.19. The average molecular weight is 200 g/mol. The van der Waals surface area contributed by atoms with E-state index in [0.717, 1.165) is 26.1 Å². The molecule has 0 bridgehead atoms. The summed E-state index contributed by atoms with van der Waals surface area (Å²) in [5.74, 6) is 0. The molecule has 1 unspecified atom stereocenters. The van der Waals surface area contributed by atoms with E-state index in [9.17, 15) is 0 Å². The first kappa shape index (κ1) is 12.0. The lowest BCUT2D eigenvalue weighted by Crippen LogP contribution is -2.57. The van der Waals surface area contributed by atoms with Crippen molar-refractivity contribution in [2.45, 2.75) is 38.8 Å². The molecule has 0 radical (unpaired) electrons. The summed E-state index contributed by atoms with van der Waals surface area (Å²) in [7, 11) is 2.15. The zero-order chi connectivity index (χ0) is 10.8. The molecule has 0 spiro atoms. The number of likely N-dealkylation sites (N-methyl/N-ethyl adjacent to an activating group) is 1. The fourth-order valence-electron chi connectivity index (χ4n) is 2.02. The lowest BCUT2D eigenvalue weighted by molar-refractivity contribution is 0.0261. The summed E-state index contributed by atoms with van der Waals surface area (Å²) in [5.41, 5.74) is 0.259. The zero-order valence-electron chi connectivity index (χ0n) is 9.95. The number of rotatable bonds is 2. The Morgan fingerprint density at radius 1 is 1.29 bits per heavy atom. The Bertz CT molecular complexity index is 177. The monoisotopic (exact) mass is 200 g/mol. The van der Waals surface area contributed by atoms with Crippen LogP contribution in [0.4, 0.5) is 0 Å². The first-order valence-corrected chi connectivity index (χ1v) is 5.51. The van der Waals surface area contributed by atoms with Crippen LogP contribution in [-0.2, 0) is 0 Å². The average Bonchev–Trinajstić information content (AvgIpc) is 2.07. The first-order valence-electron chi connectivity index (χ1n) is 5.51. The van der Waals surface area contributed by atoms with Gasteiger partial charge in [-0.2, -0.15) is 0 Å². The molecule has 0 aromatic rings. The molecule has 1 atom stereocenters. The Morgan fingerprint density at radius 2 is 1.93 bits per heavy atom. The summed E-state index contributed by atoms with van der Waals surface area (Å²) < 4.78 is 0. The van der Waals surface area contributed by atoms with Gasteiger partial charge in [0.2, 0.25) is 0 Å². The van der Waals surface area contributed by atoms with Crippen molar-refractivity contribution < 1.29 is 5.11 Å². The number of nitrogens with zero attached hydrogens (tertiary/aromatic N) is 2. The van der Waals surface area contributed by atoms with Gasteiger partial charge in [-0.15, -0.1) is 0 Å². The molecule has 1 rings (SSSR count). The van der Waals surface area contributed by atoms with Crippen molar-refractivity contribution in [1.82, 2.24) is 9.80 Å². The van der Waals surface area contributed by atoms with Crippen LogP contribution in [0, 0.1) is 0 Å². The van der Waals surface area contributed by atoms with Crippen LogP contribution in [0.25, 0.3) is 0 Å². The molecule has 1 heterocycles. The van der Waals surface area contributed by atoms with Crippen LogP contribution in [-0.4, -0.2) is 59.8 Å². The highest BCUT2D eigenvalue weighted by atomic mass is 16.3. The predicted octanol–water partition coefficient (Wildman–Crippen LogP) is 0.783. The molecular weight excluding hydrogens is 176 g/mol. The lowest BCUT2D eigenvalue weighted by atomic mass is 10.0. The van der Waals surface area contributed by atoms with Crippen molar-refractivity contribution in [2.75, 3.05) is 33.3 Å². The fraction of sp³-hybridized carbons (Fsp3) is 1.00. The Labute approximate surface area is 87.7 Å². The topological polar surface area (TPSA) is 26.7 Å². The SMILES string of the molecule is CN1CCN(C(C)(C)C)CC1CCO. The van der Waals surface area contributed by atoms with Gasteiger partial charge in [0.25, 0.3) is 0 Å². The van der Waals surface area contributed by atoms with E-state index < -0.39 is 0 Å². The summed E-state index contributed by atoms with van der Waals surface area (Å²) in [4.78, 5) is 4.87. The molecule has 1 N–H and O–H groups in total. The quantitative estimate of drug-likeness (QED) is 0.714. The van der Waals surface area contributed by atoms with E-state index >= 15 is 0 Å². The normalized spacial score (nSPS) is 26.8. The Balaban J connectivity index is 2.53. The number of aliphatic hydroxyl groups is 1. The van der Waals surface area contributed by atoms with Gasteiger partial charge in [0.05, 0.1) is 0 Å². The second-order valence-electron chi connectivity index (χ2n) is 5.26. The van der Waals surface area contributed by atoms with Crippen LogP contribution in [0.5, 0.6) is 0 Å². The van der Waals surface area contributed by atoms with Gasteiger partial charge in [0.1, 0.15) is 0 Å². The lowest BCUT2D eigenvalue weighted by Gasteiger charge is -2.45. The van der Waals surface area contributed by atoms with E-state index in [4.69, 9.17) is 5.11 Å². The van der Waals surface area contributed by atoms with Crippen molar-refractivity contribution in [1.29, 1.82) is 0 Å². The molecule has 14 heavy (non-hydrogen) atoms. The van der Waals surface area contributed by atoms with E-state index in [1.54, 1.807) is 0 Å². The number of hydrogen-bond acceptors (Lipinski definition) is 3. The van der Waals surface area contributed by atoms with Gasteiger partial charge in [-0.3, -0.25) is 4.90 Å². The maximum absolute atomic E-state index is 8.98. The summed E-state index contributed by atoms with van der Waals surface area (Å²) in [6.45, 7) is 10.4. The Morgan fingerprint density at radius 3 is 2.43 bits per heavy atom. The van der Waals surface area contributed by atoms with E-state index in [1.165, 1.54) is 0 Å². The number of hydrogen-bond donors (Lipinski definition) is 1. The van der Waals surface area contributed by atoms with Crippen LogP contribution in [0.1, 0.15) is 27.2 Å². The van der Waals surface area contributed by atoms with Gasteiger partial charge in [-0.1, -0.05) is 0 Å². The van der Waals surface area contributed by atoms with Crippen molar-refractivity contribution >= 4 is 0 Å². The molecule has 0 aromatic carbocycles. The van der Waals surface area contributed by atoms with Gasteiger partial charge in [-0.05, 0) is 34.2 Å². The van der Waals surface area contributed by atoms with E-state index in [1.807, 2.05) is 0 Å². The molecular formula is C11H24N2O. The molecule has 84 valence electrons. The molecule has 1 fully saturated rings. The second kappa shape index (κ2) is 4.60. The van der Waals surface area contributed by atoms with Crippen LogP contribution < -0.4 is 0 Å². The van der Waals surface area contributed by atoms with Crippen LogP contribution in [0.2, 0.25) is 0 Å². The van der Waals surface area contributed by atoms with Gasteiger partial charge in [-0.25, -0.2) is 0 Å². The third-order valence-electron chi connectivity index (χ3n) is 3.19. The van der Waals surface area contributed by atoms with E-state index in [2.05, 4.69) is 37.6 Å². The first-order chi connectivity index (χ1) is 6.45. The molecule has 0 amide bonds. The second-order valence-corrected chi connectivity index (χ2v) is 5.26. The molecule has 3 nitrogen and oxygen atoms in total. The molecule has 1 aliphatic rings. The summed E-state index contributed by atoms with van der Waals surface area (Å²) in [6, 6.07) is 0.521. The molecule has 0 aliphatic carbocycles. The molecule has 0 aromatic heterocycles. The van der Waals surface area contributed by atoms with Crippen molar-refractivity contribution in [3.05, 3.63) is 0 Å².